The minimum absolute atomic E-state index is 0. The molecule has 26 nitrogen and oxygen atoms in total. The number of aromatic nitrogens is 18. The molecule has 32 heteroatoms. The van der Waals surface area contributed by atoms with E-state index in [1.165, 1.54) is 60.9 Å². The predicted molar refractivity (Wildman–Crippen MR) is 445 cm³/mol. The van der Waals surface area contributed by atoms with Gasteiger partial charge in [-0.2, -0.15) is 30.6 Å². The summed E-state index contributed by atoms with van der Waals surface area (Å²) >= 11 is 3.97. The van der Waals surface area contributed by atoms with Crippen molar-refractivity contribution in [2.75, 3.05) is 19.8 Å². The summed E-state index contributed by atoms with van der Waals surface area (Å²) < 4.78 is 24.8. The zero-order chi connectivity index (χ0) is 76.1. The van der Waals surface area contributed by atoms with Crippen molar-refractivity contribution in [2.45, 2.75) is 77.4 Å². The molecule has 1 fully saturated rings. The second-order valence-corrected chi connectivity index (χ2v) is 36.9. The third-order valence-corrected chi connectivity index (χ3v) is 24.9. The van der Waals surface area contributed by atoms with Crippen molar-refractivity contribution in [3.63, 3.8) is 0 Å². The molecular formula is C81H77BrMgN18O8S3Si. The van der Waals surface area contributed by atoms with E-state index in [-0.39, 0.29) is 75.7 Å². The second-order valence-electron chi connectivity index (χ2n) is 28.3. The Balaban J connectivity index is 0.000000142. The molecule has 0 radical (unpaired) electrons. The van der Waals surface area contributed by atoms with E-state index in [1.807, 2.05) is 139 Å². The van der Waals surface area contributed by atoms with Gasteiger partial charge >= 0.3 is 23.1 Å². The maximum atomic E-state index is 13.6. The van der Waals surface area contributed by atoms with Gasteiger partial charge in [-0.05, 0) is 66.3 Å². The number of benzene rings is 6. The third kappa shape index (κ3) is 15.7. The number of thiazole rings is 3. The fourth-order valence-corrected chi connectivity index (χ4v) is 17.8. The monoisotopic (exact) mass is 1660 g/mol. The maximum absolute atomic E-state index is 13.6. The molecule has 3 N–H and O–H groups in total. The van der Waals surface area contributed by atoms with Crippen LogP contribution in [0.2, 0.25) is 25.7 Å². The van der Waals surface area contributed by atoms with E-state index in [4.69, 9.17) is 14.5 Å². The topological polar surface area (TPSA) is 306 Å². The van der Waals surface area contributed by atoms with Gasteiger partial charge in [0, 0.05) is 92.5 Å². The number of carbonyl (C=O) groups excluding carboxylic acids is 2. The number of hydrogen-bond acceptors (Lipinski definition) is 20. The van der Waals surface area contributed by atoms with Gasteiger partial charge in [0.05, 0.1) is 87.5 Å². The molecule has 1 aliphatic rings. The molecule has 12 aromatic heterocycles. The molecule has 1 aliphatic heterocycles. The molecule has 0 aliphatic carbocycles. The van der Waals surface area contributed by atoms with Gasteiger partial charge in [0.25, 0.3) is 16.7 Å². The molecular weight excluding hydrogens is 1580 g/mol. The fourth-order valence-electron chi connectivity index (χ4n) is 13.7. The number of nitrogens with one attached hydrogen (secondary N) is 2. The number of ether oxygens (including phenoxy) is 2. The van der Waals surface area contributed by atoms with E-state index < -0.39 is 13.7 Å². The Morgan fingerprint density at radius 3 is 1.35 bits per heavy atom. The van der Waals surface area contributed by atoms with E-state index in [2.05, 4.69) is 70.4 Å². The molecule has 0 bridgehead atoms. The summed E-state index contributed by atoms with van der Waals surface area (Å²) in [5, 5.41) is 49.6. The van der Waals surface area contributed by atoms with Gasteiger partial charge in [-0.3, -0.25) is 34.2 Å². The standard InChI is InChI=1S/C29H30N6O3SSi.C24H20N6O2S.C23H16N6O2S.C4H8O.CH3.BrH.Mg/c1-33-24-22(26-27(33)32-28(39-26)25(36)19-9-6-5-7-10-19)16-30-34(29(24)37)17-20-11-8-12-23-21(20)15-31-35(23)18-38-13-14-40(2,3)4;1-24(32,15-8-4-3-5-9-15)23-27-21-20(33-23)17-12-26-30(22(31)19(17)29(21)2)13-14-7-6-10-18-16(14)11-25-28-18;1-28-18-16(20-21(28)26-22(32-20)19(30)13-6-3-2-4-7-13)11-25-29(23(18)31)12-14-8-5-9-17-15(14)10-24-27-17;1-2-4-5-3-1;;;/h5-12,15-16H,13-14,17-18H2,1-4H3;3-12,32H,13H2,1-2H3,(H,25,28);2-11H,12H2,1H3,(H,24,27);1-4H2;1H3;1H;/q;;;;-1;;+2/p-1. The van der Waals surface area contributed by atoms with Crippen LogP contribution in [0.1, 0.15) is 77.8 Å². The number of aromatic amines is 2. The van der Waals surface area contributed by atoms with Crippen molar-refractivity contribution in [2.24, 2.45) is 21.1 Å². The first-order valence-electron chi connectivity index (χ1n) is 35.7. The molecule has 1 saturated heterocycles. The Hall–Kier alpha value is -10.7. The Morgan fingerprint density at radius 1 is 0.513 bits per heavy atom. The van der Waals surface area contributed by atoms with Crippen LogP contribution < -0.4 is 33.7 Å². The van der Waals surface area contributed by atoms with Crippen LogP contribution in [0.3, 0.4) is 0 Å². The van der Waals surface area contributed by atoms with Crippen LogP contribution in [0.25, 0.3) is 96.5 Å². The normalized spacial score (nSPS) is 12.7. The molecule has 13 heterocycles. The van der Waals surface area contributed by atoms with Crippen molar-refractivity contribution in [3.05, 3.63) is 270 Å². The first-order chi connectivity index (χ1) is 53.3. The van der Waals surface area contributed by atoms with Crippen LogP contribution in [-0.2, 0) is 62.6 Å². The molecule has 1 atom stereocenters. The van der Waals surface area contributed by atoms with Gasteiger partial charge in [0.2, 0.25) is 11.6 Å². The van der Waals surface area contributed by atoms with Crippen molar-refractivity contribution in [1.29, 1.82) is 0 Å². The summed E-state index contributed by atoms with van der Waals surface area (Å²) in [7, 11) is 4.27. The van der Waals surface area contributed by atoms with Gasteiger partial charge < -0.3 is 52.7 Å². The SMILES string of the molecule is C1CCOC1.Cn1c2nc(C(=O)c3ccccc3)sc2c2cnn(Cc3cccc4[nH]ncc34)c(=O)c21.Cn1c2nc(C(=O)c3ccccc3)sc2c2cnn(Cc3cccc4c3cnn4COCC[Si](C)(C)C)c(=O)c21.Cn1c2nc(C(C)(O)c3ccccc3)sc2c2cnn(Cc3cccc4[nH]ncc34)c(=O)c21.[Br-].[CH3-].[Mg+2]. The summed E-state index contributed by atoms with van der Waals surface area (Å²) in [6, 6.07) is 46.4. The number of halogens is 1. The molecule has 6 aromatic carbocycles. The van der Waals surface area contributed by atoms with E-state index in [1.54, 1.807) is 90.0 Å². The number of rotatable bonds is 17. The fraction of sp³-hybridized carbons (Fsp3) is 0.222. The Kier molecular flexibility index (Phi) is 23.9. The summed E-state index contributed by atoms with van der Waals surface area (Å²) in [5.74, 6) is -0.263. The van der Waals surface area contributed by atoms with Gasteiger partial charge in [-0.1, -0.05) is 147 Å². The Bertz CT molecular complexity index is 6720. The molecule has 0 saturated carbocycles. The average molecular weight is 1660 g/mol. The number of fused-ring (bicyclic) bond motifs is 12. The number of hydrogen-bond donors (Lipinski definition) is 3. The van der Waals surface area contributed by atoms with Crippen molar-refractivity contribution in [3.8, 4) is 0 Å². The second kappa shape index (κ2) is 33.6. The zero-order valence-electron chi connectivity index (χ0n) is 63.2. The molecule has 570 valence electrons. The van der Waals surface area contributed by atoms with Gasteiger partial charge in [0.1, 0.15) is 33.9 Å². The predicted octanol–water partition coefficient (Wildman–Crippen LogP) is 10.2. The minimum Gasteiger partial charge on any atom is -1.00 e. The molecule has 0 spiro atoms. The molecule has 18 aromatic rings. The van der Waals surface area contributed by atoms with Crippen LogP contribution in [0, 0.1) is 7.43 Å². The summed E-state index contributed by atoms with van der Waals surface area (Å²) in [5.41, 5.74) is 9.22. The van der Waals surface area contributed by atoms with Crippen molar-refractivity contribution < 1.29 is 41.2 Å². The van der Waals surface area contributed by atoms with Crippen LogP contribution >= 0.6 is 34.0 Å². The van der Waals surface area contributed by atoms with Crippen LogP contribution in [0.5, 0.6) is 0 Å². The number of ketones is 2. The smallest absolute Gasteiger partial charge is 1.00 e. The van der Waals surface area contributed by atoms with Gasteiger partial charge in [-0.15, -0.1) is 34.0 Å². The third-order valence-electron chi connectivity index (χ3n) is 19.7. The zero-order valence-corrected chi connectivity index (χ0v) is 69.6. The van der Waals surface area contributed by atoms with Crippen LogP contribution in [0.4, 0.5) is 0 Å². The number of nitrogens with zero attached hydrogens (tertiary/aromatic N) is 16. The van der Waals surface area contributed by atoms with Crippen molar-refractivity contribution in [1.82, 2.24) is 88.2 Å². The largest absolute Gasteiger partial charge is 2.00 e. The number of H-pyrrole nitrogens is 2. The van der Waals surface area contributed by atoms with E-state index >= 15 is 0 Å². The van der Waals surface area contributed by atoms with E-state index in [0.717, 1.165) is 100 Å². The molecule has 113 heavy (non-hydrogen) atoms. The number of carbonyl (C=O) groups is 2. The summed E-state index contributed by atoms with van der Waals surface area (Å²) in [6.07, 6.45) is 13.0. The number of aryl methyl sites for hydroxylation is 3. The summed E-state index contributed by atoms with van der Waals surface area (Å²) in [6.45, 7) is 12.8. The Labute approximate surface area is 685 Å². The van der Waals surface area contributed by atoms with Crippen LogP contribution in [0.15, 0.2) is 197 Å². The maximum Gasteiger partial charge on any atom is 2.00 e. The van der Waals surface area contributed by atoms with Gasteiger partial charge in [0.15, 0.2) is 27.0 Å². The molecule has 19 rings (SSSR count). The Morgan fingerprint density at radius 2 is 0.912 bits per heavy atom. The van der Waals surface area contributed by atoms with E-state index in [0.29, 0.717) is 96.8 Å². The molecule has 1 unspecified atom stereocenters. The van der Waals surface area contributed by atoms with Crippen LogP contribution in [-0.4, -0.2) is 156 Å². The first kappa shape index (κ1) is 80.4. The van der Waals surface area contributed by atoms with Gasteiger partial charge in [-0.25, -0.2) is 33.7 Å². The quantitative estimate of drug-likeness (QED) is 0.0330. The minimum atomic E-state index is -1.23. The first-order valence-corrected chi connectivity index (χ1v) is 41.9. The summed E-state index contributed by atoms with van der Waals surface area (Å²) in [4.78, 5) is 80.0. The average Bonchev–Trinajstić information content (AvgIpc) is 1.57. The number of aliphatic hydroxyl groups is 1. The van der Waals surface area contributed by atoms with E-state index in [9.17, 15) is 29.1 Å². The molecule has 0 amide bonds. The van der Waals surface area contributed by atoms with Crippen molar-refractivity contribution >= 4 is 173 Å².